The first-order valence-electron chi connectivity index (χ1n) is 9.93. The molecule has 4 rings (SSSR count). The van der Waals surface area contributed by atoms with Gasteiger partial charge in [-0.25, -0.2) is 0 Å². The Morgan fingerprint density at radius 1 is 0.968 bits per heavy atom. The number of rotatable bonds is 5. The number of nitrogens with two attached hydrogens (primary N) is 1. The summed E-state index contributed by atoms with van der Waals surface area (Å²) in [6.07, 6.45) is 1.94. The molecule has 31 heavy (non-hydrogen) atoms. The molecule has 1 aliphatic rings. The first kappa shape index (κ1) is 20.1. The summed E-state index contributed by atoms with van der Waals surface area (Å²) < 4.78 is 0. The van der Waals surface area contributed by atoms with E-state index in [1.165, 1.54) is 6.08 Å². The number of anilines is 1. The number of carbonyl (C=O) groups is 2. The van der Waals surface area contributed by atoms with Gasteiger partial charge in [0.25, 0.3) is 5.91 Å². The van der Waals surface area contributed by atoms with Gasteiger partial charge >= 0.3 is 0 Å². The van der Waals surface area contributed by atoms with Crippen LogP contribution in [-0.2, 0) is 11.2 Å². The van der Waals surface area contributed by atoms with Crippen LogP contribution < -0.4 is 16.4 Å². The van der Waals surface area contributed by atoms with Crippen molar-refractivity contribution in [3.63, 3.8) is 0 Å². The lowest BCUT2D eigenvalue weighted by molar-refractivity contribution is -0.118. The molecule has 0 aromatic heterocycles. The van der Waals surface area contributed by atoms with Gasteiger partial charge in [0.05, 0.1) is 5.71 Å². The van der Waals surface area contributed by atoms with E-state index in [4.69, 9.17) is 11.1 Å². The van der Waals surface area contributed by atoms with Crippen LogP contribution in [0.5, 0.6) is 0 Å². The third kappa shape index (κ3) is 4.38. The fraction of sp³-hybridized carbons (Fsp3) is 0.0800. The summed E-state index contributed by atoms with van der Waals surface area (Å²) in [4.78, 5) is 25.5. The van der Waals surface area contributed by atoms with E-state index >= 15 is 0 Å². The fourth-order valence-electron chi connectivity index (χ4n) is 3.57. The van der Waals surface area contributed by atoms with Gasteiger partial charge in [0.15, 0.2) is 0 Å². The van der Waals surface area contributed by atoms with Crippen LogP contribution in [0.25, 0.3) is 5.70 Å². The fourth-order valence-corrected chi connectivity index (χ4v) is 3.57. The second-order valence-electron chi connectivity index (χ2n) is 7.30. The van der Waals surface area contributed by atoms with Crippen LogP contribution in [0.1, 0.15) is 27.0 Å². The molecule has 0 unspecified atom stereocenters. The normalized spacial score (nSPS) is 15.5. The van der Waals surface area contributed by atoms with Gasteiger partial charge in [-0.2, -0.15) is 0 Å². The largest absolute Gasteiger partial charge is 0.398 e. The number of hydrogen-bond donors (Lipinski definition) is 4. The standard InChI is InChI=1S/C25H22N4O2/c26-20(16-8-2-1-3-9-16)15-21(27)18-11-5-6-12-19(18)24(30)29-23-14-17-10-4-7-13-22(17)28-25(23)31/h1-13,15,23,27H,14,26H2,(H,28,31)(H,29,30)/b20-15-,27-21?/t23-/m1/s1. The van der Waals surface area contributed by atoms with E-state index in [0.717, 1.165) is 16.8 Å². The van der Waals surface area contributed by atoms with E-state index in [2.05, 4.69) is 10.6 Å². The van der Waals surface area contributed by atoms with Gasteiger partial charge in [-0.15, -0.1) is 0 Å². The molecular weight excluding hydrogens is 388 g/mol. The van der Waals surface area contributed by atoms with Gasteiger partial charge in [0.2, 0.25) is 5.91 Å². The molecule has 3 aromatic carbocycles. The van der Waals surface area contributed by atoms with Crippen LogP contribution in [0.4, 0.5) is 5.69 Å². The predicted octanol–water partition coefficient (Wildman–Crippen LogP) is 3.35. The van der Waals surface area contributed by atoms with Gasteiger partial charge in [-0.05, 0) is 29.3 Å². The zero-order valence-electron chi connectivity index (χ0n) is 16.8. The van der Waals surface area contributed by atoms with E-state index in [1.54, 1.807) is 24.3 Å². The van der Waals surface area contributed by atoms with Gasteiger partial charge < -0.3 is 21.8 Å². The minimum atomic E-state index is -0.686. The molecule has 1 aliphatic heterocycles. The molecule has 0 spiro atoms. The van der Waals surface area contributed by atoms with E-state index in [1.807, 2.05) is 54.6 Å². The number of nitrogens with one attached hydrogen (secondary N) is 3. The van der Waals surface area contributed by atoms with Gasteiger partial charge in [-0.1, -0.05) is 66.7 Å². The van der Waals surface area contributed by atoms with Crippen molar-refractivity contribution in [1.82, 2.24) is 5.32 Å². The average molecular weight is 410 g/mol. The van der Waals surface area contributed by atoms with Crippen molar-refractivity contribution in [3.8, 4) is 0 Å². The van der Waals surface area contributed by atoms with Gasteiger partial charge in [0.1, 0.15) is 6.04 Å². The number of hydrogen-bond acceptors (Lipinski definition) is 4. The zero-order chi connectivity index (χ0) is 21.8. The highest BCUT2D eigenvalue weighted by molar-refractivity contribution is 6.16. The van der Waals surface area contributed by atoms with E-state index in [-0.39, 0.29) is 11.6 Å². The molecule has 0 aliphatic carbocycles. The monoisotopic (exact) mass is 410 g/mol. The summed E-state index contributed by atoms with van der Waals surface area (Å²) >= 11 is 0. The molecule has 1 atom stereocenters. The van der Waals surface area contributed by atoms with E-state index < -0.39 is 11.9 Å². The summed E-state index contributed by atoms with van der Waals surface area (Å²) in [6.45, 7) is 0. The van der Waals surface area contributed by atoms with Gasteiger partial charge in [-0.3, -0.25) is 9.59 Å². The lowest BCUT2D eigenvalue weighted by Gasteiger charge is -2.25. The molecule has 3 aromatic rings. The summed E-state index contributed by atoms with van der Waals surface area (Å²) in [6, 6.07) is 23.0. The van der Waals surface area contributed by atoms with Crippen LogP contribution in [0.15, 0.2) is 84.9 Å². The van der Waals surface area contributed by atoms with Gasteiger partial charge in [0, 0.05) is 28.9 Å². The van der Waals surface area contributed by atoms with Crippen LogP contribution in [0.3, 0.4) is 0 Å². The quantitative estimate of drug-likeness (QED) is 0.485. The molecule has 0 saturated carbocycles. The summed E-state index contributed by atoms with van der Waals surface area (Å²) in [5, 5.41) is 14.1. The summed E-state index contributed by atoms with van der Waals surface area (Å²) in [7, 11) is 0. The number of benzene rings is 3. The molecule has 0 saturated heterocycles. The number of para-hydroxylation sites is 1. The Bertz CT molecular complexity index is 1180. The highest BCUT2D eigenvalue weighted by Gasteiger charge is 2.28. The molecule has 0 fully saturated rings. The summed E-state index contributed by atoms with van der Waals surface area (Å²) in [5.41, 5.74) is 9.97. The third-order valence-corrected chi connectivity index (χ3v) is 5.19. The van der Waals surface area contributed by atoms with Crippen molar-refractivity contribution in [2.75, 3.05) is 5.32 Å². The van der Waals surface area contributed by atoms with E-state index in [9.17, 15) is 9.59 Å². The lowest BCUT2D eigenvalue weighted by atomic mass is 9.97. The third-order valence-electron chi connectivity index (χ3n) is 5.19. The van der Waals surface area contributed by atoms with Crippen LogP contribution in [-0.4, -0.2) is 23.6 Å². The molecule has 1 heterocycles. The van der Waals surface area contributed by atoms with Crippen LogP contribution in [0.2, 0.25) is 0 Å². The average Bonchev–Trinajstić information content (AvgIpc) is 2.80. The lowest BCUT2D eigenvalue weighted by Crippen LogP contribution is -2.47. The van der Waals surface area contributed by atoms with Crippen molar-refractivity contribution in [2.45, 2.75) is 12.5 Å². The molecule has 2 amide bonds. The predicted molar refractivity (Wildman–Crippen MR) is 122 cm³/mol. The maximum absolute atomic E-state index is 13.0. The van der Waals surface area contributed by atoms with Crippen molar-refractivity contribution in [1.29, 1.82) is 5.41 Å². The van der Waals surface area contributed by atoms with Crippen LogP contribution in [0, 0.1) is 5.41 Å². The smallest absolute Gasteiger partial charge is 0.252 e. The highest BCUT2D eigenvalue weighted by atomic mass is 16.2. The zero-order valence-corrected chi connectivity index (χ0v) is 16.8. The van der Waals surface area contributed by atoms with E-state index in [0.29, 0.717) is 23.2 Å². The van der Waals surface area contributed by atoms with Crippen molar-refractivity contribution in [2.24, 2.45) is 5.73 Å². The Labute approximate surface area is 180 Å². The molecule has 0 bridgehead atoms. The Morgan fingerprint density at radius 2 is 1.61 bits per heavy atom. The number of carbonyl (C=O) groups excluding carboxylic acids is 2. The Hall–Kier alpha value is -4.19. The Morgan fingerprint density at radius 3 is 2.39 bits per heavy atom. The molecule has 5 N–H and O–H groups in total. The second-order valence-corrected chi connectivity index (χ2v) is 7.30. The minimum Gasteiger partial charge on any atom is -0.398 e. The number of fused-ring (bicyclic) bond motifs is 1. The van der Waals surface area contributed by atoms with Crippen LogP contribution >= 0.6 is 0 Å². The number of allylic oxidation sites excluding steroid dienone is 1. The first-order valence-corrected chi connectivity index (χ1v) is 9.93. The van der Waals surface area contributed by atoms with Crippen molar-refractivity contribution in [3.05, 3.63) is 107 Å². The molecule has 154 valence electrons. The highest BCUT2D eigenvalue weighted by Crippen LogP contribution is 2.22. The topological polar surface area (TPSA) is 108 Å². The number of amides is 2. The van der Waals surface area contributed by atoms with Crippen molar-refractivity contribution < 1.29 is 9.59 Å². The maximum Gasteiger partial charge on any atom is 0.252 e. The molecular formula is C25H22N4O2. The molecule has 6 nitrogen and oxygen atoms in total. The molecule has 0 radical (unpaired) electrons. The minimum absolute atomic E-state index is 0.116. The second kappa shape index (κ2) is 8.67. The Balaban J connectivity index is 1.55. The molecule has 6 heteroatoms. The van der Waals surface area contributed by atoms with Crippen molar-refractivity contribution >= 4 is 28.9 Å². The maximum atomic E-state index is 13.0. The summed E-state index contributed by atoms with van der Waals surface area (Å²) in [5.74, 6) is -0.667. The SMILES string of the molecule is N=C(/C=C(\N)c1ccccc1)c1ccccc1C(=O)N[C@@H]1Cc2ccccc2NC1=O. The Kier molecular flexibility index (Phi) is 5.62. The first-order chi connectivity index (χ1) is 15.0.